The van der Waals surface area contributed by atoms with Crippen LogP contribution in [0.4, 0.5) is 0 Å². The van der Waals surface area contributed by atoms with Gasteiger partial charge < -0.3 is 4.74 Å². The summed E-state index contributed by atoms with van der Waals surface area (Å²) in [4.78, 5) is 24.7. The normalized spacial score (nSPS) is 53.5. The second kappa shape index (κ2) is 7.82. The third-order valence-corrected chi connectivity index (χ3v) is 12.9. The molecule has 1 saturated heterocycles. The number of ether oxygens (including phenoxy) is 1. The Bertz CT molecular complexity index is 912. The predicted molar refractivity (Wildman–Crippen MR) is 136 cm³/mol. The Hall–Kier alpha value is -0.870. The van der Waals surface area contributed by atoms with Gasteiger partial charge in [-0.3, -0.25) is 4.79 Å². The Morgan fingerprint density at radius 3 is 2.37 bits per heavy atom. The number of rotatable bonds is 5. The molecule has 4 unspecified atom stereocenters. The largest absolute Gasteiger partial charge is 0.462 e. The molecule has 4 nitrogen and oxygen atoms in total. The van der Waals surface area contributed by atoms with Crippen LogP contribution >= 0.6 is 0 Å². The molecule has 5 fully saturated rings. The van der Waals surface area contributed by atoms with Crippen LogP contribution in [0.1, 0.15) is 99.8 Å². The highest BCUT2D eigenvalue weighted by Crippen LogP contribution is 2.73. The van der Waals surface area contributed by atoms with Gasteiger partial charge in [-0.15, -0.1) is 0 Å². The lowest BCUT2D eigenvalue weighted by Crippen LogP contribution is -2.73. The van der Waals surface area contributed by atoms with E-state index >= 15 is 0 Å². The molecule has 5 aliphatic carbocycles. The van der Waals surface area contributed by atoms with Crippen molar-refractivity contribution >= 4 is 5.97 Å². The van der Waals surface area contributed by atoms with Gasteiger partial charge in [0.2, 0.25) is 0 Å². The third kappa shape index (κ3) is 3.20. The second-order valence-electron chi connectivity index (χ2n) is 14.5. The average molecular weight is 485 g/mol. The fourth-order valence-electron chi connectivity index (χ4n) is 10.6. The SMILES string of the molecule is CC(=O)OC1CC[C@]2(C)C3CC[C@]4(C)C([C@H](C)[C@H]5C[C@@H]5[C@H](C)C(C)C)CCC4[C@@]34C=C[C@]2(C1)OO4. The zero-order chi connectivity index (χ0) is 25.0. The monoisotopic (exact) mass is 484 g/mol. The van der Waals surface area contributed by atoms with Crippen LogP contribution in [0.5, 0.6) is 0 Å². The average Bonchev–Trinajstić information content (AvgIpc) is 3.52. The Morgan fingerprint density at radius 2 is 1.71 bits per heavy atom. The van der Waals surface area contributed by atoms with Crippen LogP contribution in [0.3, 0.4) is 0 Å². The number of fused-ring (bicyclic) bond motifs is 2. The van der Waals surface area contributed by atoms with E-state index < -0.39 is 5.60 Å². The first-order valence-corrected chi connectivity index (χ1v) is 14.7. The van der Waals surface area contributed by atoms with E-state index in [0.717, 1.165) is 48.3 Å². The molecular formula is C31H48O4. The molecule has 0 aromatic heterocycles. The fraction of sp³-hybridized carbons (Fsp3) is 0.903. The molecule has 4 saturated carbocycles. The molecule has 0 aromatic rings. The minimum Gasteiger partial charge on any atom is -0.462 e. The Kier molecular flexibility index (Phi) is 5.47. The topological polar surface area (TPSA) is 44.8 Å². The first-order chi connectivity index (χ1) is 16.5. The number of carbonyl (C=O) groups is 1. The second-order valence-corrected chi connectivity index (χ2v) is 14.5. The summed E-state index contributed by atoms with van der Waals surface area (Å²) in [5.41, 5.74) is -0.401. The van der Waals surface area contributed by atoms with Crippen molar-refractivity contribution in [1.29, 1.82) is 0 Å². The van der Waals surface area contributed by atoms with Gasteiger partial charge in [-0.2, -0.15) is 0 Å². The highest BCUT2D eigenvalue weighted by molar-refractivity contribution is 5.66. The molecule has 0 aromatic carbocycles. The summed E-state index contributed by atoms with van der Waals surface area (Å²) in [7, 11) is 0. The van der Waals surface area contributed by atoms with Crippen molar-refractivity contribution in [2.24, 2.45) is 58.2 Å². The maximum absolute atomic E-state index is 11.7. The van der Waals surface area contributed by atoms with Crippen LogP contribution in [0, 0.1) is 58.2 Å². The summed E-state index contributed by atoms with van der Waals surface area (Å²) in [6, 6.07) is 0. The van der Waals surface area contributed by atoms with E-state index in [2.05, 4.69) is 53.7 Å². The van der Waals surface area contributed by atoms with Gasteiger partial charge in [-0.1, -0.05) is 47.6 Å². The first-order valence-electron chi connectivity index (χ1n) is 14.7. The van der Waals surface area contributed by atoms with Gasteiger partial charge in [0.1, 0.15) is 17.3 Å². The van der Waals surface area contributed by atoms with E-state index in [0.29, 0.717) is 23.7 Å². The van der Waals surface area contributed by atoms with Crippen molar-refractivity contribution in [3.05, 3.63) is 12.2 Å². The summed E-state index contributed by atoms with van der Waals surface area (Å²) < 4.78 is 5.65. The van der Waals surface area contributed by atoms with Crippen molar-refractivity contribution in [1.82, 2.24) is 0 Å². The zero-order valence-electron chi connectivity index (χ0n) is 23.1. The quantitative estimate of drug-likeness (QED) is 0.237. The molecule has 7 rings (SSSR count). The minimum atomic E-state index is -0.467. The van der Waals surface area contributed by atoms with E-state index in [1.165, 1.54) is 39.0 Å². The van der Waals surface area contributed by atoms with E-state index in [1.54, 1.807) is 0 Å². The van der Waals surface area contributed by atoms with Crippen LogP contribution < -0.4 is 0 Å². The van der Waals surface area contributed by atoms with Crippen molar-refractivity contribution in [2.45, 2.75) is 117 Å². The Balaban J connectivity index is 1.26. The van der Waals surface area contributed by atoms with Crippen molar-refractivity contribution in [3.63, 3.8) is 0 Å². The van der Waals surface area contributed by atoms with Gasteiger partial charge in [0, 0.05) is 30.6 Å². The van der Waals surface area contributed by atoms with Gasteiger partial charge in [0.05, 0.1) is 0 Å². The molecule has 196 valence electrons. The first kappa shape index (κ1) is 24.5. The molecule has 0 radical (unpaired) electrons. The van der Waals surface area contributed by atoms with Gasteiger partial charge in [0.25, 0.3) is 0 Å². The molecular weight excluding hydrogens is 436 g/mol. The highest BCUT2D eigenvalue weighted by atomic mass is 17.2. The fourth-order valence-corrected chi connectivity index (χ4v) is 10.6. The Morgan fingerprint density at radius 1 is 0.943 bits per heavy atom. The molecule has 7 aliphatic rings. The molecule has 4 heteroatoms. The summed E-state index contributed by atoms with van der Waals surface area (Å²) in [6.07, 6.45) is 13.9. The van der Waals surface area contributed by atoms with Crippen LogP contribution in [0.15, 0.2) is 12.2 Å². The summed E-state index contributed by atoms with van der Waals surface area (Å²) in [5, 5.41) is 0. The summed E-state index contributed by atoms with van der Waals surface area (Å²) in [5.74, 6) is 5.87. The van der Waals surface area contributed by atoms with Crippen LogP contribution in [0.25, 0.3) is 0 Å². The lowest BCUT2D eigenvalue weighted by molar-refractivity contribution is -0.497. The van der Waals surface area contributed by atoms with E-state index in [-0.39, 0.29) is 23.1 Å². The molecule has 35 heavy (non-hydrogen) atoms. The van der Waals surface area contributed by atoms with E-state index in [4.69, 9.17) is 14.5 Å². The molecule has 0 N–H and O–H groups in total. The third-order valence-electron chi connectivity index (χ3n) is 12.9. The number of carbonyl (C=O) groups excluding carboxylic acids is 1. The molecule has 0 amide bonds. The van der Waals surface area contributed by atoms with Gasteiger partial charge >= 0.3 is 5.97 Å². The van der Waals surface area contributed by atoms with Crippen LogP contribution in [-0.2, 0) is 19.3 Å². The van der Waals surface area contributed by atoms with Crippen LogP contribution in [-0.4, -0.2) is 23.3 Å². The molecule has 2 bridgehead atoms. The van der Waals surface area contributed by atoms with Crippen molar-refractivity contribution in [3.8, 4) is 0 Å². The van der Waals surface area contributed by atoms with Gasteiger partial charge in [-0.25, -0.2) is 9.78 Å². The molecule has 2 spiro atoms. The van der Waals surface area contributed by atoms with Gasteiger partial charge in [0.15, 0.2) is 0 Å². The predicted octanol–water partition coefficient (Wildman–Crippen LogP) is 7.12. The highest BCUT2D eigenvalue weighted by Gasteiger charge is 2.74. The maximum atomic E-state index is 11.7. The number of hydrogen-bond donors (Lipinski definition) is 0. The molecule has 12 atom stereocenters. The molecule has 2 heterocycles. The standard InChI is InChI=1S/C31H48O4/c1-18(2)19(3)23-16-24(23)20(4)25-8-9-26-28(25,6)12-11-27-29(7)13-10-22(33-21(5)32)17-30(29)14-15-31(26,27)35-34-30/h14-15,18-20,22-27H,8-13,16-17H2,1-7H3/t19-,20-,22?,23-,24-,25?,26?,27?,28-,29-,30-,31+/m1/s1. The van der Waals surface area contributed by atoms with Gasteiger partial charge in [-0.05, 0) is 91.9 Å². The number of esters is 1. The van der Waals surface area contributed by atoms with E-state index in [9.17, 15) is 4.79 Å². The Labute approximate surface area is 212 Å². The van der Waals surface area contributed by atoms with E-state index in [1.807, 2.05) is 0 Å². The summed E-state index contributed by atoms with van der Waals surface area (Å²) >= 11 is 0. The maximum Gasteiger partial charge on any atom is 0.302 e. The summed E-state index contributed by atoms with van der Waals surface area (Å²) in [6.45, 7) is 16.4. The molecule has 2 aliphatic heterocycles. The van der Waals surface area contributed by atoms with Crippen molar-refractivity contribution < 1.29 is 19.3 Å². The number of hydrogen-bond acceptors (Lipinski definition) is 4. The minimum absolute atomic E-state index is 0.0377. The smallest absolute Gasteiger partial charge is 0.302 e. The van der Waals surface area contributed by atoms with Crippen molar-refractivity contribution in [2.75, 3.05) is 0 Å². The lowest BCUT2D eigenvalue weighted by Gasteiger charge is -2.69. The lowest BCUT2D eigenvalue weighted by atomic mass is 9.42. The van der Waals surface area contributed by atoms with Crippen LogP contribution in [0.2, 0.25) is 0 Å². The zero-order valence-corrected chi connectivity index (χ0v) is 23.1.